The molecule has 4 heterocycles. The van der Waals surface area contributed by atoms with Crippen LogP contribution < -0.4 is 0 Å². The maximum Gasteiger partial charge on any atom is 0.187 e. The van der Waals surface area contributed by atoms with E-state index in [4.69, 9.17) is 37.9 Å². The summed E-state index contributed by atoms with van der Waals surface area (Å²) in [5, 5.41) is 140. The molecule has 8 rings (SSSR count). The molecule has 414 valence electrons. The van der Waals surface area contributed by atoms with Crippen LogP contribution in [0.15, 0.2) is 11.6 Å². The predicted molar refractivity (Wildman–Crippen MR) is 245 cm³/mol. The summed E-state index contributed by atoms with van der Waals surface area (Å²) in [5.41, 5.74) is -0.367. The van der Waals surface area contributed by atoms with Crippen molar-refractivity contribution in [3.63, 3.8) is 0 Å². The topological polar surface area (TPSA) is 354 Å². The molecule has 22 nitrogen and oxygen atoms in total. The summed E-state index contributed by atoms with van der Waals surface area (Å²) >= 11 is 0. The summed E-state index contributed by atoms with van der Waals surface area (Å²) in [6.45, 7) is 9.66. The summed E-state index contributed by atoms with van der Waals surface area (Å²) in [7, 11) is 0. The van der Waals surface area contributed by atoms with Crippen molar-refractivity contribution in [1.29, 1.82) is 0 Å². The highest BCUT2D eigenvalue weighted by molar-refractivity contribution is 5.87. The zero-order chi connectivity index (χ0) is 52.5. The third-order valence-electron chi connectivity index (χ3n) is 18.6. The van der Waals surface area contributed by atoms with Gasteiger partial charge in [0, 0.05) is 17.8 Å². The van der Waals surface area contributed by atoms with Gasteiger partial charge in [0.1, 0.15) is 72.9 Å². The van der Waals surface area contributed by atoms with Gasteiger partial charge in [0.05, 0.1) is 55.8 Å². The Balaban J connectivity index is 1.04. The van der Waals surface area contributed by atoms with Crippen molar-refractivity contribution >= 4 is 5.78 Å². The second kappa shape index (κ2) is 22.5. The third-order valence-corrected chi connectivity index (χ3v) is 18.6. The molecule has 0 radical (unpaired) electrons. The minimum Gasteiger partial charge on any atom is -0.396 e. The third kappa shape index (κ3) is 10.2. The van der Waals surface area contributed by atoms with Gasteiger partial charge in [0.25, 0.3) is 0 Å². The molecule has 8 aliphatic rings. The van der Waals surface area contributed by atoms with Crippen molar-refractivity contribution in [3.8, 4) is 0 Å². The first-order valence-electron chi connectivity index (χ1n) is 26.2. The van der Waals surface area contributed by atoms with Crippen molar-refractivity contribution in [2.75, 3.05) is 13.2 Å². The molecule has 3 saturated carbocycles. The molecule has 0 bridgehead atoms. The average Bonchev–Trinajstić information content (AvgIpc) is 3.66. The lowest BCUT2D eigenvalue weighted by molar-refractivity contribution is -0.388. The van der Waals surface area contributed by atoms with Crippen LogP contribution in [0.4, 0.5) is 0 Å². The largest absolute Gasteiger partial charge is 0.396 e. The maximum absolute atomic E-state index is 15.1. The normalized spacial score (nSPS) is 52.7. The van der Waals surface area contributed by atoms with E-state index < -0.39 is 177 Å². The van der Waals surface area contributed by atoms with E-state index >= 15 is 4.79 Å². The maximum atomic E-state index is 15.1. The van der Waals surface area contributed by atoms with Crippen molar-refractivity contribution in [1.82, 2.24) is 0 Å². The van der Waals surface area contributed by atoms with E-state index in [2.05, 4.69) is 13.0 Å². The fourth-order valence-corrected chi connectivity index (χ4v) is 14.1. The number of hydrogen-bond acceptors (Lipinski definition) is 22. The number of carbonyl (C=O) groups is 1. The van der Waals surface area contributed by atoms with E-state index in [0.717, 1.165) is 18.4 Å². The minimum atomic E-state index is -1.80. The fourth-order valence-electron chi connectivity index (χ4n) is 14.1. The van der Waals surface area contributed by atoms with E-state index in [1.807, 2.05) is 20.8 Å². The van der Waals surface area contributed by atoms with Crippen LogP contribution in [0.5, 0.6) is 0 Å². The number of aliphatic hydroxyl groups excluding tert-OH is 13. The fraction of sp³-hybridized carbons (Fsp3) is 0.940. The Hall–Kier alpha value is -1.43. The smallest absolute Gasteiger partial charge is 0.187 e. The lowest BCUT2D eigenvalue weighted by atomic mass is 9.46. The van der Waals surface area contributed by atoms with Gasteiger partial charge < -0.3 is 104 Å². The number of hydrogen-bond donors (Lipinski definition) is 13. The van der Waals surface area contributed by atoms with Crippen LogP contribution >= 0.6 is 0 Å². The summed E-state index contributed by atoms with van der Waals surface area (Å²) in [6.07, 6.45) is -24.1. The van der Waals surface area contributed by atoms with Crippen molar-refractivity contribution in [2.24, 2.45) is 46.3 Å². The molecule has 30 atom stereocenters. The molecular weight excluding hydrogens is 953 g/mol. The Morgan fingerprint density at radius 1 is 0.694 bits per heavy atom. The number of aliphatic hydroxyl groups is 13. The van der Waals surface area contributed by atoms with Crippen LogP contribution in [-0.4, -0.2) is 221 Å². The minimum absolute atomic E-state index is 0.00276. The molecule has 72 heavy (non-hydrogen) atoms. The van der Waals surface area contributed by atoms with Crippen molar-refractivity contribution in [2.45, 2.75) is 235 Å². The number of ether oxygens (including phenoxy) is 8. The zero-order valence-electron chi connectivity index (χ0n) is 42.0. The van der Waals surface area contributed by atoms with E-state index in [1.54, 1.807) is 0 Å². The highest BCUT2D eigenvalue weighted by Gasteiger charge is 2.67. The standard InChI is InChI=1S/C50H82O22/c1-7-8-9-28(53)19(2)32-29(68-45-25(17-51)35(57)38(60)44(64)72-45)15-27-24-11-10-22-14-23(12-13-49(22,5)26(24)16-31(54)50(27,32)6)67-48-43(71-47-40(62)37(59)34(56)21(4)66-47)41(63)42(30(18-52)69-48)70-46-39(61)36(58)33(55)20(3)65-46/h10,19-21,23-30,32-48,51-53,55-64H,7-9,11-18H2,1-6H3/t19-,20?,21?,23?,24-,25-,26+,27+,28+,29+,30-,32+,33+,34-,35+,36-,37+,38+,39-,40+,41+,42+,43-,44+,45?,46?,47?,48?,49+,50-/m1/s1. The Morgan fingerprint density at radius 2 is 1.32 bits per heavy atom. The molecule has 7 unspecified atom stereocenters. The highest BCUT2D eigenvalue weighted by atomic mass is 16.8. The molecule has 0 amide bonds. The molecule has 7 fully saturated rings. The zero-order valence-corrected chi connectivity index (χ0v) is 42.0. The molecule has 13 N–H and O–H groups in total. The molecule has 4 aliphatic heterocycles. The van der Waals surface area contributed by atoms with E-state index in [9.17, 15) is 66.4 Å². The van der Waals surface area contributed by atoms with E-state index in [1.165, 1.54) is 13.8 Å². The second-order valence-corrected chi connectivity index (χ2v) is 22.7. The first-order valence-corrected chi connectivity index (χ1v) is 26.2. The summed E-state index contributed by atoms with van der Waals surface area (Å²) in [6, 6.07) is 0. The van der Waals surface area contributed by atoms with Gasteiger partial charge >= 0.3 is 0 Å². The van der Waals surface area contributed by atoms with Gasteiger partial charge in [0.2, 0.25) is 0 Å². The molecule has 0 aromatic rings. The number of carbonyl (C=O) groups excluding carboxylic acids is 1. The summed E-state index contributed by atoms with van der Waals surface area (Å²) in [5.74, 6) is -2.26. The van der Waals surface area contributed by atoms with Crippen molar-refractivity contribution in [3.05, 3.63) is 11.6 Å². The van der Waals surface area contributed by atoms with Crippen molar-refractivity contribution < 1.29 is 109 Å². The van der Waals surface area contributed by atoms with Gasteiger partial charge in [0.15, 0.2) is 31.5 Å². The first kappa shape index (κ1) is 56.8. The number of rotatable bonds is 15. The first-order chi connectivity index (χ1) is 34.0. The lowest BCUT2D eigenvalue weighted by Gasteiger charge is -2.58. The number of fused-ring (bicyclic) bond motifs is 5. The van der Waals surface area contributed by atoms with Gasteiger partial charge in [-0.3, -0.25) is 4.79 Å². The van der Waals surface area contributed by atoms with Gasteiger partial charge in [-0.1, -0.05) is 52.2 Å². The van der Waals surface area contributed by atoms with Crippen LogP contribution in [0.3, 0.4) is 0 Å². The van der Waals surface area contributed by atoms with Gasteiger partial charge in [-0.25, -0.2) is 0 Å². The SMILES string of the molecule is CCCC[C@H](O)[C@@H](C)[C@H]1[C@@H](OC2O[C@H](O)[C@@H](O)[C@@H](O)[C@H]2CO)C[C@H]2[C@@H]3CC=C4CC(OC5O[C@H](CO)[C@H](OC6OC(C)[C@H](O)[C@@H](O)[C@H]6O)[C@H](O)[C@H]5OC5OC(C)[C@@H](O)[C@H](O)[C@@H]5O)CC[C@]4(C)[C@H]3CC(=O)[C@]12C. The molecule has 0 spiro atoms. The van der Waals surface area contributed by atoms with E-state index in [0.29, 0.717) is 38.5 Å². The summed E-state index contributed by atoms with van der Waals surface area (Å²) < 4.78 is 48.8. The van der Waals surface area contributed by atoms with Gasteiger partial charge in [-0.15, -0.1) is 0 Å². The van der Waals surface area contributed by atoms with Crippen LogP contribution in [0.1, 0.15) is 99.3 Å². The highest BCUT2D eigenvalue weighted by Crippen LogP contribution is 2.67. The van der Waals surface area contributed by atoms with Crippen LogP contribution in [0, 0.1) is 46.3 Å². The average molecular weight is 1040 g/mol. The Bertz CT molecular complexity index is 1860. The molecule has 0 aromatic heterocycles. The Morgan fingerprint density at radius 3 is 1.92 bits per heavy atom. The predicted octanol–water partition coefficient (Wildman–Crippen LogP) is -2.18. The molecular formula is C50H82O22. The van der Waals surface area contributed by atoms with E-state index in [-0.39, 0.29) is 30.0 Å². The molecule has 4 saturated heterocycles. The lowest BCUT2D eigenvalue weighted by Crippen LogP contribution is -2.66. The van der Waals surface area contributed by atoms with Gasteiger partial charge in [-0.2, -0.15) is 0 Å². The van der Waals surface area contributed by atoms with Crippen LogP contribution in [-0.2, 0) is 42.7 Å². The number of ketones is 1. The Labute approximate surface area is 419 Å². The summed E-state index contributed by atoms with van der Waals surface area (Å²) in [4.78, 5) is 15.1. The Kier molecular flexibility index (Phi) is 17.7. The molecule has 0 aromatic carbocycles. The molecule has 4 aliphatic carbocycles. The molecule has 22 heteroatoms. The monoisotopic (exact) mass is 1030 g/mol. The number of Topliss-reactive ketones (excluding diaryl/α,β-unsaturated/α-hetero) is 1. The number of allylic oxidation sites excluding steroid dienone is 1. The van der Waals surface area contributed by atoms with Gasteiger partial charge in [-0.05, 0) is 81.5 Å². The number of unbranched alkanes of at least 4 members (excludes halogenated alkanes) is 1. The quantitative estimate of drug-likeness (QED) is 0.0776. The van der Waals surface area contributed by atoms with Crippen LogP contribution in [0.2, 0.25) is 0 Å². The second-order valence-electron chi connectivity index (χ2n) is 22.7. The van der Waals surface area contributed by atoms with Crippen LogP contribution in [0.25, 0.3) is 0 Å².